The first-order valence-corrected chi connectivity index (χ1v) is 8.69. The summed E-state index contributed by atoms with van der Waals surface area (Å²) in [7, 11) is 6.54. The predicted molar refractivity (Wildman–Crippen MR) is 88.8 cm³/mol. The first kappa shape index (κ1) is 17.5. The lowest BCUT2D eigenvalue weighted by atomic mass is 9.72. The molecule has 4 nitrogen and oxygen atoms in total. The SMILES string of the molecule is [B]C1(C(=O)N2CCCCC2C(=O)C(C)C)CCCN1C(C)C. The highest BCUT2D eigenvalue weighted by molar-refractivity contribution is 6.28. The van der Waals surface area contributed by atoms with Crippen LogP contribution in [0.15, 0.2) is 0 Å². The second-order valence-corrected chi connectivity index (χ2v) is 7.38. The summed E-state index contributed by atoms with van der Waals surface area (Å²) in [4.78, 5) is 29.6. The zero-order valence-corrected chi connectivity index (χ0v) is 14.5. The number of carbonyl (C=O) groups is 2. The van der Waals surface area contributed by atoms with Crippen LogP contribution in [0.25, 0.3) is 0 Å². The molecule has 0 aromatic heterocycles. The van der Waals surface area contributed by atoms with E-state index in [9.17, 15) is 9.59 Å². The summed E-state index contributed by atoms with van der Waals surface area (Å²) in [6.45, 7) is 9.49. The van der Waals surface area contributed by atoms with Gasteiger partial charge in [0.1, 0.15) is 7.85 Å². The van der Waals surface area contributed by atoms with Gasteiger partial charge in [-0.05, 0) is 52.5 Å². The average Bonchev–Trinajstić information content (AvgIpc) is 2.89. The van der Waals surface area contributed by atoms with Crippen molar-refractivity contribution in [2.24, 2.45) is 5.92 Å². The maximum Gasteiger partial charge on any atom is 0.234 e. The van der Waals surface area contributed by atoms with Crippen molar-refractivity contribution in [2.75, 3.05) is 13.1 Å². The number of carbonyl (C=O) groups excluding carboxylic acids is 2. The maximum atomic E-state index is 13.2. The van der Waals surface area contributed by atoms with E-state index in [1.165, 1.54) is 0 Å². The number of amides is 1. The Kier molecular flexibility index (Phi) is 5.36. The van der Waals surface area contributed by atoms with Crippen molar-refractivity contribution < 1.29 is 9.59 Å². The van der Waals surface area contributed by atoms with E-state index in [0.717, 1.165) is 32.2 Å². The van der Waals surface area contributed by atoms with Crippen LogP contribution >= 0.6 is 0 Å². The van der Waals surface area contributed by atoms with Crippen LogP contribution in [-0.2, 0) is 9.59 Å². The highest BCUT2D eigenvalue weighted by Crippen LogP contribution is 2.33. The molecule has 2 atom stereocenters. The van der Waals surface area contributed by atoms with Crippen LogP contribution in [0.3, 0.4) is 0 Å². The number of ketones is 1. The van der Waals surface area contributed by atoms with Crippen molar-refractivity contribution in [1.82, 2.24) is 9.80 Å². The largest absolute Gasteiger partial charge is 0.332 e. The molecular formula is C17H29BN2O2. The van der Waals surface area contributed by atoms with Gasteiger partial charge in [-0.1, -0.05) is 13.8 Å². The lowest BCUT2D eigenvalue weighted by Gasteiger charge is -2.44. The fourth-order valence-electron chi connectivity index (χ4n) is 3.91. The van der Waals surface area contributed by atoms with Gasteiger partial charge in [0.15, 0.2) is 5.78 Å². The highest BCUT2D eigenvalue weighted by Gasteiger charge is 2.47. The molecule has 2 unspecified atom stereocenters. The van der Waals surface area contributed by atoms with E-state index >= 15 is 0 Å². The summed E-state index contributed by atoms with van der Waals surface area (Å²) >= 11 is 0. The molecule has 2 fully saturated rings. The summed E-state index contributed by atoms with van der Waals surface area (Å²) in [5, 5.41) is 0. The summed E-state index contributed by atoms with van der Waals surface area (Å²) in [5.41, 5.74) is -0.930. The van der Waals surface area contributed by atoms with Crippen LogP contribution in [0.2, 0.25) is 0 Å². The van der Waals surface area contributed by atoms with Gasteiger partial charge in [0.2, 0.25) is 5.91 Å². The zero-order valence-electron chi connectivity index (χ0n) is 14.5. The smallest absolute Gasteiger partial charge is 0.234 e. The Bertz CT molecular complexity index is 438. The number of likely N-dealkylation sites (tertiary alicyclic amines) is 2. The minimum absolute atomic E-state index is 0.0441. The molecule has 22 heavy (non-hydrogen) atoms. The second-order valence-electron chi connectivity index (χ2n) is 7.38. The lowest BCUT2D eigenvalue weighted by Crippen LogP contribution is -2.62. The topological polar surface area (TPSA) is 40.6 Å². The van der Waals surface area contributed by atoms with E-state index < -0.39 is 5.44 Å². The van der Waals surface area contributed by atoms with Crippen molar-refractivity contribution in [3.63, 3.8) is 0 Å². The fourth-order valence-corrected chi connectivity index (χ4v) is 3.91. The minimum atomic E-state index is -0.930. The van der Waals surface area contributed by atoms with Crippen LogP contribution in [0.4, 0.5) is 0 Å². The number of piperidine rings is 1. The third-order valence-electron chi connectivity index (χ3n) is 5.12. The molecule has 0 spiro atoms. The highest BCUT2D eigenvalue weighted by atomic mass is 16.2. The average molecular weight is 304 g/mol. The Morgan fingerprint density at radius 1 is 1.09 bits per heavy atom. The maximum absolute atomic E-state index is 13.2. The summed E-state index contributed by atoms with van der Waals surface area (Å²) in [6.07, 6.45) is 4.38. The normalized spacial score (nSPS) is 30.3. The molecule has 1 amide bonds. The van der Waals surface area contributed by atoms with Crippen molar-refractivity contribution in [2.45, 2.75) is 77.3 Å². The third kappa shape index (κ3) is 3.10. The van der Waals surface area contributed by atoms with Crippen LogP contribution < -0.4 is 0 Å². The standard InChI is InChI=1S/C17H29BN2O2/c1-12(2)15(21)14-8-5-6-10-19(14)16(22)17(18)9-7-11-20(17)13(3)4/h12-14H,5-11H2,1-4H3. The van der Waals surface area contributed by atoms with E-state index in [1.807, 2.05) is 13.8 Å². The number of Topliss-reactive ketones (excluding diaryl/α,β-unsaturated/α-hetero) is 1. The molecular weight excluding hydrogens is 275 g/mol. The van der Waals surface area contributed by atoms with Gasteiger partial charge in [0.05, 0.1) is 11.5 Å². The Morgan fingerprint density at radius 2 is 1.77 bits per heavy atom. The van der Waals surface area contributed by atoms with E-state index in [1.54, 1.807) is 4.90 Å². The number of hydrogen-bond acceptors (Lipinski definition) is 3. The Balaban J connectivity index is 2.23. The van der Waals surface area contributed by atoms with Crippen molar-refractivity contribution in [3.05, 3.63) is 0 Å². The molecule has 2 aliphatic heterocycles. The van der Waals surface area contributed by atoms with E-state index in [4.69, 9.17) is 7.85 Å². The van der Waals surface area contributed by atoms with Crippen LogP contribution in [0, 0.1) is 5.92 Å². The lowest BCUT2D eigenvalue weighted by molar-refractivity contribution is -0.148. The van der Waals surface area contributed by atoms with Gasteiger partial charge in [-0.3, -0.25) is 14.5 Å². The monoisotopic (exact) mass is 304 g/mol. The van der Waals surface area contributed by atoms with Gasteiger partial charge in [0.25, 0.3) is 0 Å². The Labute approximate surface area is 136 Å². The Hall–Kier alpha value is -0.835. The Morgan fingerprint density at radius 3 is 2.36 bits per heavy atom. The number of hydrogen-bond donors (Lipinski definition) is 0. The summed E-state index contributed by atoms with van der Waals surface area (Å²) in [6, 6.07) is -0.0446. The van der Waals surface area contributed by atoms with Crippen molar-refractivity contribution >= 4 is 19.5 Å². The van der Waals surface area contributed by atoms with Gasteiger partial charge < -0.3 is 4.90 Å². The van der Waals surface area contributed by atoms with Gasteiger partial charge in [-0.2, -0.15) is 0 Å². The zero-order chi connectivity index (χ0) is 16.5. The first-order chi connectivity index (χ1) is 10.3. The second kappa shape index (κ2) is 6.73. The number of nitrogens with zero attached hydrogens (tertiary/aromatic N) is 2. The first-order valence-electron chi connectivity index (χ1n) is 8.69. The fraction of sp³-hybridized carbons (Fsp3) is 0.882. The van der Waals surface area contributed by atoms with Crippen molar-refractivity contribution in [3.8, 4) is 0 Å². The van der Waals surface area contributed by atoms with E-state index in [2.05, 4.69) is 18.7 Å². The van der Waals surface area contributed by atoms with Gasteiger partial charge in [-0.15, -0.1) is 0 Å². The van der Waals surface area contributed by atoms with Crippen molar-refractivity contribution in [1.29, 1.82) is 0 Å². The molecule has 0 aromatic carbocycles. The quantitative estimate of drug-likeness (QED) is 0.746. The predicted octanol–water partition coefficient (Wildman–Crippen LogP) is 1.96. The van der Waals surface area contributed by atoms with Crippen LogP contribution in [0.5, 0.6) is 0 Å². The number of rotatable bonds is 4. The van der Waals surface area contributed by atoms with Crippen LogP contribution in [-0.4, -0.2) is 59.9 Å². The molecule has 2 aliphatic rings. The molecule has 2 heterocycles. The van der Waals surface area contributed by atoms with Gasteiger partial charge in [-0.25, -0.2) is 0 Å². The molecule has 0 N–H and O–H groups in total. The molecule has 0 aliphatic carbocycles. The molecule has 122 valence electrons. The summed E-state index contributed by atoms with van der Waals surface area (Å²) < 4.78 is 0. The molecule has 0 saturated carbocycles. The van der Waals surface area contributed by atoms with Gasteiger partial charge in [0, 0.05) is 18.5 Å². The minimum Gasteiger partial charge on any atom is -0.332 e. The van der Waals surface area contributed by atoms with E-state index in [-0.39, 0.29) is 29.7 Å². The molecule has 2 rings (SSSR count). The third-order valence-corrected chi connectivity index (χ3v) is 5.12. The summed E-state index contributed by atoms with van der Waals surface area (Å²) in [5.74, 6) is 0.0834. The molecule has 0 aromatic rings. The molecule has 0 bridgehead atoms. The molecule has 2 saturated heterocycles. The van der Waals surface area contributed by atoms with E-state index in [0.29, 0.717) is 13.0 Å². The van der Waals surface area contributed by atoms with Gasteiger partial charge >= 0.3 is 0 Å². The molecule has 2 radical (unpaired) electrons. The van der Waals surface area contributed by atoms with Crippen LogP contribution in [0.1, 0.15) is 59.8 Å². The molecule has 5 heteroatoms.